The third-order valence-corrected chi connectivity index (χ3v) is 4.35. The van der Waals surface area contributed by atoms with Gasteiger partial charge in [-0.2, -0.15) is 9.37 Å². The molecule has 0 atom stereocenters. The van der Waals surface area contributed by atoms with E-state index in [9.17, 15) is 4.39 Å². The summed E-state index contributed by atoms with van der Waals surface area (Å²) in [6, 6.07) is 16.4. The molecule has 7 heteroatoms. The van der Waals surface area contributed by atoms with E-state index in [0.29, 0.717) is 11.3 Å². The van der Waals surface area contributed by atoms with E-state index in [1.54, 1.807) is 6.07 Å². The summed E-state index contributed by atoms with van der Waals surface area (Å²) >= 11 is 3.45. The molecule has 4 rings (SSSR count). The SMILES string of the molecule is Nc1nc(Nc2cccc(Br)c2)c2cc(-c3ccc(F)nc3)ccc2n1. The molecule has 0 saturated heterocycles. The standard InChI is InChI=1S/C19H13BrFN5/c20-13-2-1-3-14(9-13)24-18-15-8-11(12-5-7-17(21)23-10-12)4-6-16(15)25-19(22)26-18/h1-10H,(H3,22,24,25,26). The van der Waals surface area contributed by atoms with Gasteiger partial charge in [-0.25, -0.2) is 9.97 Å². The minimum atomic E-state index is -0.511. The van der Waals surface area contributed by atoms with Crippen molar-refractivity contribution in [3.8, 4) is 11.1 Å². The van der Waals surface area contributed by atoms with Gasteiger partial charge in [0.05, 0.1) is 5.52 Å². The minimum absolute atomic E-state index is 0.186. The molecule has 0 radical (unpaired) electrons. The second-order valence-corrected chi connectivity index (χ2v) is 6.58. The topological polar surface area (TPSA) is 76.7 Å². The van der Waals surface area contributed by atoms with Crippen LogP contribution in [0.25, 0.3) is 22.0 Å². The van der Waals surface area contributed by atoms with Crippen molar-refractivity contribution in [2.24, 2.45) is 0 Å². The lowest BCUT2D eigenvalue weighted by atomic mass is 10.1. The van der Waals surface area contributed by atoms with Crippen molar-refractivity contribution in [1.82, 2.24) is 15.0 Å². The highest BCUT2D eigenvalue weighted by Gasteiger charge is 2.09. The zero-order chi connectivity index (χ0) is 18.1. The molecule has 2 aromatic carbocycles. The van der Waals surface area contributed by atoms with Gasteiger partial charge in [0.1, 0.15) is 5.82 Å². The average molecular weight is 410 g/mol. The van der Waals surface area contributed by atoms with E-state index < -0.39 is 5.95 Å². The molecule has 0 aliphatic heterocycles. The van der Waals surface area contributed by atoms with Crippen LogP contribution in [-0.4, -0.2) is 15.0 Å². The molecular formula is C19H13BrFN5. The van der Waals surface area contributed by atoms with E-state index in [-0.39, 0.29) is 5.95 Å². The quantitative estimate of drug-likeness (QED) is 0.469. The zero-order valence-electron chi connectivity index (χ0n) is 13.4. The van der Waals surface area contributed by atoms with Gasteiger partial charge in [-0.15, -0.1) is 0 Å². The van der Waals surface area contributed by atoms with Crippen LogP contribution in [0.2, 0.25) is 0 Å². The number of nitrogens with one attached hydrogen (secondary N) is 1. The van der Waals surface area contributed by atoms with E-state index in [1.807, 2.05) is 42.5 Å². The summed E-state index contributed by atoms with van der Waals surface area (Å²) in [4.78, 5) is 12.3. The molecule has 2 aromatic heterocycles. The number of halogens is 2. The van der Waals surface area contributed by atoms with Crippen molar-refractivity contribution < 1.29 is 4.39 Å². The molecule has 3 N–H and O–H groups in total. The Balaban J connectivity index is 1.83. The van der Waals surface area contributed by atoms with Crippen LogP contribution in [-0.2, 0) is 0 Å². The molecule has 2 heterocycles. The molecule has 0 bridgehead atoms. The van der Waals surface area contributed by atoms with Crippen LogP contribution in [0.4, 0.5) is 21.8 Å². The van der Waals surface area contributed by atoms with Gasteiger partial charge in [-0.1, -0.05) is 28.1 Å². The van der Waals surface area contributed by atoms with Crippen LogP contribution in [0.5, 0.6) is 0 Å². The van der Waals surface area contributed by atoms with Crippen LogP contribution in [0.3, 0.4) is 0 Å². The van der Waals surface area contributed by atoms with E-state index in [2.05, 4.69) is 36.2 Å². The van der Waals surface area contributed by atoms with Crippen LogP contribution in [0, 0.1) is 5.95 Å². The fourth-order valence-corrected chi connectivity index (χ4v) is 3.07. The molecule has 0 fully saturated rings. The molecule has 0 amide bonds. The number of anilines is 3. The van der Waals surface area contributed by atoms with E-state index >= 15 is 0 Å². The largest absolute Gasteiger partial charge is 0.368 e. The zero-order valence-corrected chi connectivity index (χ0v) is 15.0. The van der Waals surface area contributed by atoms with Crippen LogP contribution >= 0.6 is 15.9 Å². The fraction of sp³-hybridized carbons (Fsp3) is 0. The first kappa shape index (κ1) is 16.4. The third-order valence-electron chi connectivity index (χ3n) is 3.86. The Morgan fingerprint density at radius 1 is 0.962 bits per heavy atom. The monoisotopic (exact) mass is 409 g/mol. The number of hydrogen-bond acceptors (Lipinski definition) is 5. The van der Waals surface area contributed by atoms with Crippen molar-refractivity contribution in [1.29, 1.82) is 0 Å². The Labute approximate surface area is 157 Å². The number of benzene rings is 2. The van der Waals surface area contributed by atoms with Crippen LogP contribution in [0.1, 0.15) is 0 Å². The Kier molecular flexibility index (Phi) is 4.22. The lowest BCUT2D eigenvalue weighted by Gasteiger charge is -2.11. The minimum Gasteiger partial charge on any atom is -0.368 e. The predicted octanol–water partition coefficient (Wildman–Crippen LogP) is 4.92. The molecule has 0 saturated carbocycles. The summed E-state index contributed by atoms with van der Waals surface area (Å²) in [5.74, 6) is 0.274. The highest BCUT2D eigenvalue weighted by molar-refractivity contribution is 9.10. The van der Waals surface area contributed by atoms with Crippen molar-refractivity contribution >= 4 is 44.3 Å². The van der Waals surface area contributed by atoms with Gasteiger partial charge in [0.15, 0.2) is 0 Å². The van der Waals surface area contributed by atoms with Crippen molar-refractivity contribution in [3.63, 3.8) is 0 Å². The fourth-order valence-electron chi connectivity index (χ4n) is 2.67. The predicted molar refractivity (Wildman–Crippen MR) is 105 cm³/mol. The number of nitrogens with two attached hydrogens (primary N) is 1. The number of nitrogens with zero attached hydrogens (tertiary/aromatic N) is 3. The van der Waals surface area contributed by atoms with Crippen LogP contribution in [0.15, 0.2) is 65.3 Å². The van der Waals surface area contributed by atoms with Gasteiger partial charge in [0, 0.05) is 27.3 Å². The Morgan fingerprint density at radius 2 is 1.81 bits per heavy atom. The van der Waals surface area contributed by atoms with Crippen molar-refractivity contribution in [3.05, 3.63) is 71.2 Å². The molecule has 0 aliphatic carbocycles. The average Bonchev–Trinajstić information content (AvgIpc) is 2.62. The van der Waals surface area contributed by atoms with E-state index in [0.717, 1.165) is 26.7 Å². The molecule has 0 aliphatic rings. The molecule has 4 aromatic rings. The van der Waals surface area contributed by atoms with Crippen molar-refractivity contribution in [2.75, 3.05) is 11.1 Å². The first-order chi connectivity index (χ1) is 12.6. The summed E-state index contributed by atoms with van der Waals surface area (Å²) in [7, 11) is 0. The van der Waals surface area contributed by atoms with Gasteiger partial charge in [-0.05, 0) is 48.0 Å². The number of hydrogen-bond donors (Lipinski definition) is 2. The van der Waals surface area contributed by atoms with Gasteiger partial charge in [0.2, 0.25) is 11.9 Å². The van der Waals surface area contributed by atoms with E-state index in [4.69, 9.17) is 5.73 Å². The number of fused-ring (bicyclic) bond motifs is 1. The summed E-state index contributed by atoms with van der Waals surface area (Å²) in [6.07, 6.45) is 1.50. The van der Waals surface area contributed by atoms with Crippen LogP contribution < -0.4 is 11.1 Å². The first-order valence-corrected chi connectivity index (χ1v) is 8.59. The Bertz CT molecular complexity index is 1100. The smallest absolute Gasteiger partial charge is 0.222 e. The normalized spacial score (nSPS) is 10.8. The molecule has 128 valence electrons. The van der Waals surface area contributed by atoms with Gasteiger partial charge in [-0.3, -0.25) is 0 Å². The molecule has 0 unspecified atom stereocenters. The summed E-state index contributed by atoms with van der Waals surface area (Å²) in [5, 5.41) is 4.09. The molecule has 5 nitrogen and oxygen atoms in total. The maximum atomic E-state index is 13.1. The number of pyridine rings is 1. The van der Waals surface area contributed by atoms with Gasteiger partial charge in [0.25, 0.3) is 0 Å². The summed E-state index contributed by atoms with van der Waals surface area (Å²) in [5.41, 5.74) is 9.12. The van der Waals surface area contributed by atoms with E-state index in [1.165, 1.54) is 12.3 Å². The third kappa shape index (κ3) is 3.34. The van der Waals surface area contributed by atoms with Crippen molar-refractivity contribution in [2.45, 2.75) is 0 Å². The molecule has 0 spiro atoms. The second kappa shape index (κ2) is 6.68. The number of aromatic nitrogens is 3. The molecular weight excluding hydrogens is 397 g/mol. The highest BCUT2D eigenvalue weighted by atomic mass is 79.9. The number of nitrogen functional groups attached to an aromatic ring is 1. The second-order valence-electron chi connectivity index (χ2n) is 5.67. The lowest BCUT2D eigenvalue weighted by Crippen LogP contribution is -2.01. The maximum absolute atomic E-state index is 13.1. The number of rotatable bonds is 3. The van der Waals surface area contributed by atoms with Gasteiger partial charge < -0.3 is 11.1 Å². The highest BCUT2D eigenvalue weighted by Crippen LogP contribution is 2.30. The summed E-state index contributed by atoms with van der Waals surface area (Å²) < 4.78 is 14.0. The van der Waals surface area contributed by atoms with Gasteiger partial charge >= 0.3 is 0 Å². The Hall–Kier alpha value is -3.06. The maximum Gasteiger partial charge on any atom is 0.222 e. The molecule has 26 heavy (non-hydrogen) atoms. The lowest BCUT2D eigenvalue weighted by molar-refractivity contribution is 0.584. The summed E-state index contributed by atoms with van der Waals surface area (Å²) in [6.45, 7) is 0. The Morgan fingerprint density at radius 3 is 2.58 bits per heavy atom. The first-order valence-electron chi connectivity index (χ1n) is 7.80.